The molecule has 0 aliphatic carbocycles. The van der Waals surface area contributed by atoms with Gasteiger partial charge in [-0.3, -0.25) is 4.79 Å². The van der Waals surface area contributed by atoms with Crippen molar-refractivity contribution < 1.29 is 9.53 Å². The lowest BCUT2D eigenvalue weighted by Gasteiger charge is -2.05. The van der Waals surface area contributed by atoms with Gasteiger partial charge in [0.1, 0.15) is 6.61 Å². The lowest BCUT2D eigenvalue weighted by molar-refractivity contribution is -0.145. The van der Waals surface area contributed by atoms with E-state index in [2.05, 4.69) is 4.98 Å². The number of hydrogen-bond donors (Lipinski definition) is 0. The molecule has 1 heterocycles. The molecule has 0 saturated carbocycles. The molecule has 5 heteroatoms. The lowest BCUT2D eigenvalue weighted by atomic mass is 10.2. The Morgan fingerprint density at radius 3 is 2.78 bits per heavy atom. The Bertz CT molecular complexity index is 494. The van der Waals surface area contributed by atoms with Gasteiger partial charge >= 0.3 is 5.97 Å². The number of carbonyl (C=O) groups excluding carboxylic acids is 1. The minimum Gasteiger partial charge on any atom is -0.461 e. The van der Waals surface area contributed by atoms with Gasteiger partial charge in [-0.2, -0.15) is 0 Å². The molecule has 0 saturated heterocycles. The van der Waals surface area contributed by atoms with Crippen molar-refractivity contribution >= 4 is 17.6 Å². The second-order valence-electron chi connectivity index (χ2n) is 3.84. The Kier molecular flexibility index (Phi) is 4.36. The fourth-order valence-corrected chi connectivity index (χ4v) is 1.58. The number of halogens is 1. The molecular formula is C13H13ClN2O2. The van der Waals surface area contributed by atoms with Gasteiger partial charge in [0.25, 0.3) is 0 Å². The number of esters is 1. The van der Waals surface area contributed by atoms with E-state index in [1.165, 1.54) is 0 Å². The molecule has 0 aliphatic heterocycles. The summed E-state index contributed by atoms with van der Waals surface area (Å²) >= 11 is 5.76. The number of imidazole rings is 1. The predicted molar refractivity (Wildman–Crippen MR) is 68.1 cm³/mol. The van der Waals surface area contributed by atoms with Gasteiger partial charge in [-0.15, -0.1) is 0 Å². The summed E-state index contributed by atoms with van der Waals surface area (Å²) in [7, 11) is 0. The van der Waals surface area contributed by atoms with Crippen LogP contribution in [0.1, 0.15) is 12.0 Å². The van der Waals surface area contributed by atoms with Gasteiger partial charge < -0.3 is 9.30 Å². The first-order chi connectivity index (χ1) is 8.74. The summed E-state index contributed by atoms with van der Waals surface area (Å²) in [5.74, 6) is -0.223. The van der Waals surface area contributed by atoms with Crippen LogP contribution in [0.3, 0.4) is 0 Å². The van der Waals surface area contributed by atoms with Crippen molar-refractivity contribution in [2.45, 2.75) is 19.6 Å². The molecule has 2 aromatic rings. The standard InChI is InChI=1S/C13H13ClN2O2/c14-12-3-1-11(2-4-12)9-18-13(17)5-7-16-8-6-15-10-16/h1-4,6,8,10H,5,7,9H2. The van der Waals surface area contributed by atoms with Crippen LogP contribution in [0, 0.1) is 0 Å². The number of nitrogens with zero attached hydrogens (tertiary/aromatic N) is 2. The Hall–Kier alpha value is -1.81. The molecule has 0 unspecified atom stereocenters. The van der Waals surface area contributed by atoms with Crippen molar-refractivity contribution in [3.63, 3.8) is 0 Å². The number of aryl methyl sites for hydroxylation is 1. The van der Waals surface area contributed by atoms with E-state index in [9.17, 15) is 4.79 Å². The zero-order valence-corrected chi connectivity index (χ0v) is 10.5. The zero-order chi connectivity index (χ0) is 12.8. The van der Waals surface area contributed by atoms with Crippen molar-refractivity contribution in [1.29, 1.82) is 0 Å². The predicted octanol–water partition coefficient (Wildman–Crippen LogP) is 2.67. The molecule has 0 bridgehead atoms. The normalized spacial score (nSPS) is 10.3. The number of aromatic nitrogens is 2. The van der Waals surface area contributed by atoms with Crippen LogP contribution < -0.4 is 0 Å². The van der Waals surface area contributed by atoms with Crippen LogP contribution in [0.5, 0.6) is 0 Å². The minimum atomic E-state index is -0.223. The second-order valence-corrected chi connectivity index (χ2v) is 4.27. The van der Waals surface area contributed by atoms with E-state index in [4.69, 9.17) is 16.3 Å². The highest BCUT2D eigenvalue weighted by Crippen LogP contribution is 2.10. The highest BCUT2D eigenvalue weighted by molar-refractivity contribution is 6.30. The first-order valence-corrected chi connectivity index (χ1v) is 5.97. The van der Waals surface area contributed by atoms with Gasteiger partial charge in [-0.25, -0.2) is 4.98 Å². The van der Waals surface area contributed by atoms with Crippen LogP contribution in [-0.4, -0.2) is 15.5 Å². The molecule has 18 heavy (non-hydrogen) atoms. The summed E-state index contributed by atoms with van der Waals surface area (Å²) in [6.45, 7) is 0.860. The Labute approximate surface area is 110 Å². The molecule has 0 aliphatic rings. The third-order valence-corrected chi connectivity index (χ3v) is 2.70. The maximum Gasteiger partial charge on any atom is 0.307 e. The van der Waals surface area contributed by atoms with E-state index < -0.39 is 0 Å². The monoisotopic (exact) mass is 264 g/mol. The van der Waals surface area contributed by atoms with Gasteiger partial charge in [0.15, 0.2) is 0 Å². The SMILES string of the molecule is O=C(CCn1ccnc1)OCc1ccc(Cl)cc1. The molecule has 0 fully saturated rings. The fourth-order valence-electron chi connectivity index (χ4n) is 1.46. The first kappa shape index (κ1) is 12.6. The summed E-state index contributed by atoms with van der Waals surface area (Å²) in [4.78, 5) is 15.4. The van der Waals surface area contributed by atoms with Gasteiger partial charge in [-0.05, 0) is 17.7 Å². The number of carbonyl (C=O) groups is 1. The Morgan fingerprint density at radius 1 is 1.33 bits per heavy atom. The quantitative estimate of drug-likeness (QED) is 0.780. The molecule has 1 aromatic heterocycles. The van der Waals surface area contributed by atoms with Gasteiger partial charge in [0, 0.05) is 24.0 Å². The van der Waals surface area contributed by atoms with E-state index in [0.29, 0.717) is 18.0 Å². The Morgan fingerprint density at radius 2 is 2.11 bits per heavy atom. The fraction of sp³-hybridized carbons (Fsp3) is 0.231. The highest BCUT2D eigenvalue weighted by atomic mass is 35.5. The molecule has 4 nitrogen and oxygen atoms in total. The maximum atomic E-state index is 11.5. The summed E-state index contributed by atoms with van der Waals surface area (Å²) in [6, 6.07) is 7.23. The van der Waals surface area contributed by atoms with E-state index in [1.54, 1.807) is 24.7 Å². The average Bonchev–Trinajstić information content (AvgIpc) is 2.89. The lowest BCUT2D eigenvalue weighted by Crippen LogP contribution is -2.08. The van der Waals surface area contributed by atoms with Gasteiger partial charge in [-0.1, -0.05) is 23.7 Å². The van der Waals surface area contributed by atoms with Crippen LogP contribution in [-0.2, 0) is 22.7 Å². The topological polar surface area (TPSA) is 44.1 Å². The number of benzene rings is 1. The van der Waals surface area contributed by atoms with Gasteiger partial charge in [0.2, 0.25) is 0 Å². The van der Waals surface area contributed by atoms with Gasteiger partial charge in [0.05, 0.1) is 12.7 Å². The summed E-state index contributed by atoms with van der Waals surface area (Å²) in [5, 5.41) is 0.671. The van der Waals surface area contributed by atoms with Crippen molar-refractivity contribution in [1.82, 2.24) is 9.55 Å². The van der Waals surface area contributed by atoms with Crippen LogP contribution in [0.4, 0.5) is 0 Å². The van der Waals surface area contributed by atoms with E-state index in [1.807, 2.05) is 22.9 Å². The molecule has 0 spiro atoms. The molecular weight excluding hydrogens is 252 g/mol. The average molecular weight is 265 g/mol. The molecule has 0 amide bonds. The molecule has 94 valence electrons. The second kappa shape index (κ2) is 6.21. The molecule has 1 aromatic carbocycles. The smallest absolute Gasteiger partial charge is 0.307 e. The van der Waals surface area contributed by atoms with Crippen LogP contribution in [0.25, 0.3) is 0 Å². The molecule has 0 radical (unpaired) electrons. The summed E-state index contributed by atoms with van der Waals surface area (Å²) < 4.78 is 6.99. The Balaban J connectivity index is 1.73. The van der Waals surface area contributed by atoms with Crippen LogP contribution >= 0.6 is 11.6 Å². The third-order valence-electron chi connectivity index (χ3n) is 2.45. The van der Waals surface area contributed by atoms with E-state index in [0.717, 1.165) is 5.56 Å². The molecule has 0 atom stereocenters. The minimum absolute atomic E-state index is 0.223. The van der Waals surface area contributed by atoms with Crippen molar-refractivity contribution in [2.24, 2.45) is 0 Å². The number of rotatable bonds is 5. The number of ether oxygens (including phenoxy) is 1. The first-order valence-electron chi connectivity index (χ1n) is 5.60. The molecule has 0 N–H and O–H groups in total. The van der Waals surface area contributed by atoms with E-state index >= 15 is 0 Å². The van der Waals surface area contributed by atoms with Crippen molar-refractivity contribution in [3.8, 4) is 0 Å². The third kappa shape index (κ3) is 3.89. The van der Waals surface area contributed by atoms with Crippen LogP contribution in [0.2, 0.25) is 5.02 Å². The maximum absolute atomic E-state index is 11.5. The van der Waals surface area contributed by atoms with Crippen molar-refractivity contribution in [2.75, 3.05) is 0 Å². The van der Waals surface area contributed by atoms with Crippen molar-refractivity contribution in [3.05, 3.63) is 53.6 Å². The van der Waals surface area contributed by atoms with E-state index in [-0.39, 0.29) is 12.6 Å². The van der Waals surface area contributed by atoms with Crippen LogP contribution in [0.15, 0.2) is 43.0 Å². The summed E-state index contributed by atoms with van der Waals surface area (Å²) in [6.07, 6.45) is 5.50. The zero-order valence-electron chi connectivity index (χ0n) is 9.75. The largest absolute Gasteiger partial charge is 0.461 e. The summed E-state index contributed by atoms with van der Waals surface area (Å²) in [5.41, 5.74) is 0.926. The number of hydrogen-bond acceptors (Lipinski definition) is 3. The molecule has 2 rings (SSSR count). The highest BCUT2D eigenvalue weighted by Gasteiger charge is 2.03.